The van der Waals surface area contributed by atoms with Crippen molar-refractivity contribution >= 4 is 5.69 Å². The van der Waals surface area contributed by atoms with Crippen molar-refractivity contribution < 1.29 is 4.39 Å². The zero-order valence-corrected chi connectivity index (χ0v) is 11.9. The molecule has 0 spiro atoms. The standard InChI is InChI=1S/C17H17FN2/c1-11-8-16(5-4-15(11)9-19)20-10-14-6-12(2)17(18)13(3)7-14/h4-8,20H,10H2,1-3H3. The quantitative estimate of drug-likeness (QED) is 0.904. The fraction of sp³-hybridized carbons (Fsp3) is 0.235. The van der Waals surface area contributed by atoms with Crippen LogP contribution in [0.5, 0.6) is 0 Å². The predicted molar refractivity (Wildman–Crippen MR) is 79.1 cm³/mol. The third-order valence-corrected chi connectivity index (χ3v) is 3.34. The highest BCUT2D eigenvalue weighted by atomic mass is 19.1. The molecule has 20 heavy (non-hydrogen) atoms. The summed E-state index contributed by atoms with van der Waals surface area (Å²) in [6.45, 7) is 6.10. The Morgan fingerprint density at radius 1 is 1.05 bits per heavy atom. The van der Waals surface area contributed by atoms with E-state index in [4.69, 9.17) is 5.26 Å². The number of nitriles is 1. The summed E-state index contributed by atoms with van der Waals surface area (Å²) in [6.07, 6.45) is 0. The van der Waals surface area contributed by atoms with Crippen LogP contribution in [0.1, 0.15) is 27.8 Å². The second-order valence-electron chi connectivity index (χ2n) is 5.04. The van der Waals surface area contributed by atoms with E-state index in [2.05, 4.69) is 11.4 Å². The van der Waals surface area contributed by atoms with Gasteiger partial charge in [-0.15, -0.1) is 0 Å². The van der Waals surface area contributed by atoms with Crippen LogP contribution in [-0.4, -0.2) is 0 Å². The molecule has 0 atom stereocenters. The van der Waals surface area contributed by atoms with E-state index in [1.807, 2.05) is 31.2 Å². The van der Waals surface area contributed by atoms with Gasteiger partial charge in [-0.05, 0) is 61.2 Å². The fourth-order valence-electron chi connectivity index (χ4n) is 2.24. The lowest BCUT2D eigenvalue weighted by Crippen LogP contribution is -2.02. The van der Waals surface area contributed by atoms with Gasteiger partial charge in [-0.25, -0.2) is 4.39 Å². The molecule has 0 aliphatic carbocycles. The largest absolute Gasteiger partial charge is 0.381 e. The summed E-state index contributed by atoms with van der Waals surface area (Å²) in [5.41, 5.74) is 4.97. The highest BCUT2D eigenvalue weighted by Gasteiger charge is 2.04. The summed E-state index contributed by atoms with van der Waals surface area (Å²) in [4.78, 5) is 0. The van der Waals surface area contributed by atoms with Crippen molar-refractivity contribution in [3.63, 3.8) is 0 Å². The van der Waals surface area contributed by atoms with Gasteiger partial charge in [-0.3, -0.25) is 0 Å². The SMILES string of the molecule is Cc1cc(NCc2cc(C)c(F)c(C)c2)ccc1C#N. The van der Waals surface area contributed by atoms with E-state index in [1.54, 1.807) is 19.9 Å². The van der Waals surface area contributed by atoms with Crippen LogP contribution in [0, 0.1) is 37.9 Å². The molecular weight excluding hydrogens is 251 g/mol. The number of anilines is 1. The Morgan fingerprint density at radius 2 is 1.70 bits per heavy atom. The van der Waals surface area contributed by atoms with E-state index in [0.717, 1.165) is 16.8 Å². The molecule has 3 heteroatoms. The van der Waals surface area contributed by atoms with Gasteiger partial charge in [-0.2, -0.15) is 5.26 Å². The lowest BCUT2D eigenvalue weighted by molar-refractivity contribution is 0.608. The third-order valence-electron chi connectivity index (χ3n) is 3.34. The van der Waals surface area contributed by atoms with E-state index in [1.165, 1.54) is 0 Å². The number of halogens is 1. The summed E-state index contributed by atoms with van der Waals surface area (Å²) in [5, 5.41) is 12.2. The van der Waals surface area contributed by atoms with Crippen molar-refractivity contribution in [3.05, 3.63) is 64.0 Å². The number of benzene rings is 2. The molecule has 2 aromatic carbocycles. The summed E-state index contributed by atoms with van der Waals surface area (Å²) in [5.74, 6) is -0.136. The van der Waals surface area contributed by atoms with Crippen molar-refractivity contribution in [2.45, 2.75) is 27.3 Å². The molecular formula is C17H17FN2. The summed E-state index contributed by atoms with van der Waals surface area (Å²) < 4.78 is 13.6. The average molecular weight is 268 g/mol. The second-order valence-corrected chi connectivity index (χ2v) is 5.04. The van der Waals surface area contributed by atoms with Gasteiger partial charge in [0.1, 0.15) is 5.82 Å². The van der Waals surface area contributed by atoms with Crippen LogP contribution in [0.3, 0.4) is 0 Å². The average Bonchev–Trinajstić information content (AvgIpc) is 2.42. The lowest BCUT2D eigenvalue weighted by atomic mass is 10.1. The van der Waals surface area contributed by atoms with Crippen LogP contribution in [0.25, 0.3) is 0 Å². The maximum atomic E-state index is 13.6. The second kappa shape index (κ2) is 5.75. The van der Waals surface area contributed by atoms with Crippen LogP contribution in [-0.2, 0) is 6.54 Å². The minimum atomic E-state index is -0.136. The number of rotatable bonds is 3. The Bertz CT molecular complexity index is 661. The first-order chi connectivity index (χ1) is 9.51. The summed E-state index contributed by atoms with van der Waals surface area (Å²) in [6, 6.07) is 11.5. The molecule has 0 aliphatic heterocycles. The van der Waals surface area contributed by atoms with Gasteiger partial charge in [-0.1, -0.05) is 12.1 Å². The van der Waals surface area contributed by atoms with Crippen molar-refractivity contribution in [2.24, 2.45) is 0 Å². The van der Waals surface area contributed by atoms with Gasteiger partial charge >= 0.3 is 0 Å². The molecule has 0 amide bonds. The topological polar surface area (TPSA) is 35.8 Å². The summed E-state index contributed by atoms with van der Waals surface area (Å²) in [7, 11) is 0. The van der Waals surface area contributed by atoms with Gasteiger partial charge < -0.3 is 5.32 Å². The van der Waals surface area contributed by atoms with Gasteiger partial charge in [0.25, 0.3) is 0 Å². The minimum Gasteiger partial charge on any atom is -0.381 e. The molecule has 1 N–H and O–H groups in total. The van der Waals surface area contributed by atoms with E-state index >= 15 is 0 Å². The van der Waals surface area contributed by atoms with Gasteiger partial charge in [0.15, 0.2) is 0 Å². The Labute approximate surface area is 118 Å². The minimum absolute atomic E-state index is 0.136. The zero-order chi connectivity index (χ0) is 14.7. The maximum absolute atomic E-state index is 13.6. The van der Waals surface area contributed by atoms with E-state index in [0.29, 0.717) is 23.2 Å². The number of hydrogen-bond donors (Lipinski definition) is 1. The highest BCUT2D eigenvalue weighted by Crippen LogP contribution is 2.18. The molecule has 2 nitrogen and oxygen atoms in total. The molecule has 2 rings (SSSR count). The van der Waals surface area contributed by atoms with E-state index in [-0.39, 0.29) is 5.82 Å². The molecule has 102 valence electrons. The Balaban J connectivity index is 2.13. The van der Waals surface area contributed by atoms with Crippen LogP contribution in [0.2, 0.25) is 0 Å². The normalized spacial score (nSPS) is 10.2. The number of nitrogens with one attached hydrogen (secondary N) is 1. The predicted octanol–water partition coefficient (Wildman–Crippen LogP) is 4.23. The van der Waals surface area contributed by atoms with Crippen LogP contribution in [0.4, 0.5) is 10.1 Å². The van der Waals surface area contributed by atoms with Crippen molar-refractivity contribution in [1.29, 1.82) is 5.26 Å². The monoisotopic (exact) mass is 268 g/mol. The Kier molecular flexibility index (Phi) is 4.05. The first kappa shape index (κ1) is 14.1. The number of hydrogen-bond acceptors (Lipinski definition) is 2. The number of nitrogens with zero attached hydrogens (tertiary/aromatic N) is 1. The number of aryl methyl sites for hydroxylation is 3. The third kappa shape index (κ3) is 2.97. The molecule has 0 bridgehead atoms. The molecule has 0 unspecified atom stereocenters. The highest BCUT2D eigenvalue weighted by molar-refractivity contribution is 5.52. The van der Waals surface area contributed by atoms with Crippen LogP contribution >= 0.6 is 0 Å². The van der Waals surface area contributed by atoms with Crippen molar-refractivity contribution in [1.82, 2.24) is 0 Å². The van der Waals surface area contributed by atoms with Gasteiger partial charge in [0.2, 0.25) is 0 Å². The Morgan fingerprint density at radius 3 is 2.25 bits per heavy atom. The maximum Gasteiger partial charge on any atom is 0.129 e. The van der Waals surface area contributed by atoms with E-state index in [9.17, 15) is 4.39 Å². The van der Waals surface area contributed by atoms with Gasteiger partial charge in [0.05, 0.1) is 11.6 Å². The molecule has 0 saturated carbocycles. The van der Waals surface area contributed by atoms with Crippen molar-refractivity contribution in [2.75, 3.05) is 5.32 Å². The summed E-state index contributed by atoms with van der Waals surface area (Å²) >= 11 is 0. The van der Waals surface area contributed by atoms with E-state index < -0.39 is 0 Å². The van der Waals surface area contributed by atoms with Crippen LogP contribution < -0.4 is 5.32 Å². The molecule has 0 heterocycles. The molecule has 0 aliphatic rings. The molecule has 0 aromatic heterocycles. The lowest BCUT2D eigenvalue weighted by Gasteiger charge is -2.10. The van der Waals surface area contributed by atoms with Crippen molar-refractivity contribution in [3.8, 4) is 6.07 Å². The van der Waals surface area contributed by atoms with Gasteiger partial charge in [0, 0.05) is 12.2 Å². The smallest absolute Gasteiger partial charge is 0.129 e. The Hall–Kier alpha value is -2.34. The first-order valence-electron chi connectivity index (χ1n) is 6.51. The first-order valence-corrected chi connectivity index (χ1v) is 6.51. The fourth-order valence-corrected chi connectivity index (χ4v) is 2.24. The molecule has 0 fully saturated rings. The molecule has 0 saturated heterocycles. The molecule has 2 aromatic rings. The zero-order valence-electron chi connectivity index (χ0n) is 11.9. The molecule has 0 radical (unpaired) electrons. The van der Waals surface area contributed by atoms with Crippen LogP contribution in [0.15, 0.2) is 30.3 Å².